The van der Waals surface area contributed by atoms with Crippen LogP contribution in [-0.4, -0.2) is 42.1 Å². The molecule has 1 aliphatic rings. The van der Waals surface area contributed by atoms with Crippen LogP contribution in [0.1, 0.15) is 10.5 Å². The number of rotatable bonds is 4. The topological polar surface area (TPSA) is 119 Å². The van der Waals surface area contributed by atoms with Gasteiger partial charge in [-0.3, -0.25) is 20.4 Å². The fraction of sp³-hybridized carbons (Fsp3) is 0.150. The van der Waals surface area contributed by atoms with Crippen molar-refractivity contribution in [3.63, 3.8) is 0 Å². The van der Waals surface area contributed by atoms with Gasteiger partial charge in [0.2, 0.25) is 6.10 Å². The van der Waals surface area contributed by atoms with Crippen LogP contribution in [0.15, 0.2) is 54.6 Å². The van der Waals surface area contributed by atoms with Gasteiger partial charge < -0.3 is 19.2 Å². The second kappa shape index (κ2) is 7.93. The molecule has 3 aromatic rings. The van der Waals surface area contributed by atoms with Gasteiger partial charge in [-0.2, -0.15) is 0 Å². The lowest BCUT2D eigenvalue weighted by atomic mass is 10.2. The van der Waals surface area contributed by atoms with E-state index in [1.807, 2.05) is 24.3 Å². The van der Waals surface area contributed by atoms with Gasteiger partial charge in [0.1, 0.15) is 12.3 Å². The first-order valence-corrected chi connectivity index (χ1v) is 8.82. The normalized spacial score (nSPS) is 14.8. The van der Waals surface area contributed by atoms with Gasteiger partial charge in [-0.25, -0.2) is 4.79 Å². The first kappa shape index (κ1) is 18.4. The zero-order valence-electron chi connectivity index (χ0n) is 15.1. The minimum absolute atomic E-state index is 0.00802. The zero-order valence-corrected chi connectivity index (χ0v) is 15.1. The molecule has 0 aliphatic carbocycles. The molecule has 0 fully saturated rings. The van der Waals surface area contributed by atoms with Gasteiger partial charge in [0, 0.05) is 10.9 Å². The number of hydrazine groups is 1. The van der Waals surface area contributed by atoms with Crippen LogP contribution < -0.4 is 20.3 Å². The quantitative estimate of drug-likeness (QED) is 0.453. The number of para-hydroxylation sites is 3. The summed E-state index contributed by atoms with van der Waals surface area (Å²) in [6.07, 6.45) is -0.918. The van der Waals surface area contributed by atoms with Gasteiger partial charge >= 0.3 is 5.97 Å². The Kier molecular flexibility index (Phi) is 5.02. The van der Waals surface area contributed by atoms with Crippen molar-refractivity contribution in [1.29, 1.82) is 0 Å². The summed E-state index contributed by atoms with van der Waals surface area (Å²) in [5, 5.41) is 0.854. The Labute approximate surface area is 164 Å². The number of carbonyl (C=O) groups excluding carboxylic acids is 3. The molecule has 0 saturated carbocycles. The molecule has 1 aliphatic heterocycles. The van der Waals surface area contributed by atoms with E-state index in [0.29, 0.717) is 11.5 Å². The molecule has 2 aromatic carbocycles. The molecule has 1 atom stereocenters. The summed E-state index contributed by atoms with van der Waals surface area (Å²) in [7, 11) is 0. The van der Waals surface area contributed by atoms with E-state index >= 15 is 0 Å². The Morgan fingerprint density at radius 1 is 1.03 bits per heavy atom. The first-order chi connectivity index (χ1) is 14.1. The summed E-state index contributed by atoms with van der Waals surface area (Å²) in [5.74, 6) is -0.972. The van der Waals surface area contributed by atoms with Crippen molar-refractivity contribution in [2.45, 2.75) is 6.10 Å². The van der Waals surface area contributed by atoms with Gasteiger partial charge in [-0.15, -0.1) is 0 Å². The number of H-pyrrole nitrogens is 1. The number of amides is 2. The SMILES string of the molecule is O=C(COC(=O)c1cc2ccccc2[nH]1)NNC(=O)[C@@H]1COc2ccccc2O1. The molecule has 0 saturated heterocycles. The van der Waals surface area contributed by atoms with Crippen molar-refractivity contribution < 1.29 is 28.6 Å². The highest BCUT2D eigenvalue weighted by atomic mass is 16.6. The second-order valence-electron chi connectivity index (χ2n) is 6.25. The lowest BCUT2D eigenvalue weighted by molar-refractivity contribution is -0.135. The summed E-state index contributed by atoms with van der Waals surface area (Å²) in [5.41, 5.74) is 5.42. The number of aromatic amines is 1. The molecule has 29 heavy (non-hydrogen) atoms. The highest BCUT2D eigenvalue weighted by Gasteiger charge is 2.27. The second-order valence-corrected chi connectivity index (χ2v) is 6.25. The minimum Gasteiger partial charge on any atom is -0.485 e. The summed E-state index contributed by atoms with van der Waals surface area (Å²) in [6, 6.07) is 15.9. The standard InChI is InChI=1S/C20H17N3O6/c24-18(11-28-20(26)14-9-12-5-1-2-6-13(12)21-14)22-23-19(25)17-10-27-15-7-3-4-8-16(15)29-17/h1-9,17,21H,10-11H2,(H,22,24)(H,23,25)/t17-/m0/s1. The molecule has 0 bridgehead atoms. The number of carbonyl (C=O) groups is 3. The van der Waals surface area contributed by atoms with Crippen LogP contribution in [0, 0.1) is 0 Å². The van der Waals surface area contributed by atoms with Crippen LogP contribution >= 0.6 is 0 Å². The van der Waals surface area contributed by atoms with Gasteiger partial charge in [-0.05, 0) is 24.3 Å². The number of ether oxygens (including phenoxy) is 3. The lowest BCUT2D eigenvalue weighted by Gasteiger charge is -2.25. The molecule has 9 heteroatoms. The van der Waals surface area contributed by atoms with E-state index < -0.39 is 30.5 Å². The Balaban J connectivity index is 1.24. The van der Waals surface area contributed by atoms with Crippen LogP contribution in [0.25, 0.3) is 10.9 Å². The predicted molar refractivity (Wildman–Crippen MR) is 101 cm³/mol. The van der Waals surface area contributed by atoms with Crippen LogP contribution in [0.4, 0.5) is 0 Å². The van der Waals surface area contributed by atoms with E-state index in [1.165, 1.54) is 0 Å². The molecular weight excluding hydrogens is 378 g/mol. The first-order valence-electron chi connectivity index (χ1n) is 8.82. The van der Waals surface area contributed by atoms with Crippen molar-refractivity contribution in [3.8, 4) is 11.5 Å². The predicted octanol–water partition coefficient (Wildman–Crippen LogP) is 1.31. The summed E-state index contributed by atoms with van der Waals surface area (Å²) < 4.78 is 15.9. The largest absolute Gasteiger partial charge is 0.485 e. The van der Waals surface area contributed by atoms with Gasteiger partial charge in [-0.1, -0.05) is 30.3 Å². The molecule has 9 nitrogen and oxygen atoms in total. The lowest BCUT2D eigenvalue weighted by Crippen LogP contribution is -2.51. The van der Waals surface area contributed by atoms with Crippen molar-refractivity contribution in [2.75, 3.05) is 13.2 Å². The Morgan fingerprint density at radius 3 is 2.62 bits per heavy atom. The fourth-order valence-electron chi connectivity index (χ4n) is 2.79. The highest BCUT2D eigenvalue weighted by molar-refractivity contribution is 5.95. The van der Waals surface area contributed by atoms with Crippen molar-refractivity contribution in [1.82, 2.24) is 15.8 Å². The molecular formula is C20H17N3O6. The molecule has 148 valence electrons. The molecule has 4 rings (SSSR count). The Hall–Kier alpha value is -4.01. The van der Waals surface area contributed by atoms with E-state index in [1.54, 1.807) is 30.3 Å². The summed E-state index contributed by atoms with van der Waals surface area (Å²) >= 11 is 0. The third kappa shape index (κ3) is 4.13. The third-order valence-electron chi connectivity index (χ3n) is 4.21. The number of hydrogen-bond acceptors (Lipinski definition) is 6. The van der Waals surface area contributed by atoms with Crippen LogP contribution in [-0.2, 0) is 14.3 Å². The third-order valence-corrected chi connectivity index (χ3v) is 4.21. The van der Waals surface area contributed by atoms with E-state index in [4.69, 9.17) is 14.2 Å². The summed E-state index contributed by atoms with van der Waals surface area (Å²) in [6.45, 7) is -0.548. The van der Waals surface area contributed by atoms with E-state index in [2.05, 4.69) is 15.8 Å². The van der Waals surface area contributed by atoms with Gasteiger partial charge in [0.25, 0.3) is 11.8 Å². The smallest absolute Gasteiger partial charge is 0.355 e. The average molecular weight is 395 g/mol. The maximum atomic E-state index is 12.1. The van der Waals surface area contributed by atoms with Crippen LogP contribution in [0.5, 0.6) is 11.5 Å². The maximum Gasteiger partial charge on any atom is 0.355 e. The maximum absolute atomic E-state index is 12.1. The monoisotopic (exact) mass is 395 g/mol. The molecule has 0 spiro atoms. The van der Waals surface area contributed by atoms with Gasteiger partial charge in [0.05, 0.1) is 0 Å². The van der Waals surface area contributed by atoms with Gasteiger partial charge in [0.15, 0.2) is 18.1 Å². The average Bonchev–Trinajstić information content (AvgIpc) is 3.20. The Morgan fingerprint density at radius 2 is 1.79 bits per heavy atom. The van der Waals surface area contributed by atoms with Crippen LogP contribution in [0.2, 0.25) is 0 Å². The number of aromatic nitrogens is 1. The highest BCUT2D eigenvalue weighted by Crippen LogP contribution is 2.30. The molecule has 1 aromatic heterocycles. The van der Waals surface area contributed by atoms with E-state index in [-0.39, 0.29) is 12.3 Å². The van der Waals surface area contributed by atoms with Crippen LogP contribution in [0.3, 0.4) is 0 Å². The number of hydrogen-bond donors (Lipinski definition) is 3. The van der Waals surface area contributed by atoms with Crippen molar-refractivity contribution in [2.24, 2.45) is 0 Å². The number of fused-ring (bicyclic) bond motifs is 2. The number of benzene rings is 2. The van der Waals surface area contributed by atoms with E-state index in [9.17, 15) is 14.4 Å². The minimum atomic E-state index is -0.918. The fourth-order valence-corrected chi connectivity index (χ4v) is 2.79. The number of nitrogens with one attached hydrogen (secondary N) is 3. The van der Waals surface area contributed by atoms with E-state index in [0.717, 1.165) is 10.9 Å². The number of esters is 1. The zero-order chi connectivity index (χ0) is 20.2. The molecule has 0 unspecified atom stereocenters. The van der Waals surface area contributed by atoms with Crippen molar-refractivity contribution in [3.05, 3.63) is 60.3 Å². The Bertz CT molecular complexity index is 1040. The molecule has 3 N–H and O–H groups in total. The molecule has 2 amide bonds. The molecule has 2 heterocycles. The molecule has 0 radical (unpaired) electrons. The summed E-state index contributed by atoms with van der Waals surface area (Å²) in [4.78, 5) is 39.0. The van der Waals surface area contributed by atoms with Crippen molar-refractivity contribution >= 4 is 28.7 Å².